The number of azo groups is 2. The quantitative estimate of drug-likeness (QED) is 0.0958. The Morgan fingerprint density at radius 2 is 1.39 bits per heavy atom. The molecule has 0 unspecified atom stereocenters. The van der Waals surface area contributed by atoms with Crippen molar-refractivity contribution in [2.24, 2.45) is 20.5 Å². The number of phenols is 1. The summed E-state index contributed by atoms with van der Waals surface area (Å²) in [6.07, 6.45) is 0. The Kier molecular flexibility index (Phi) is 9.48. The number of phenolic OH excluding ortho intramolecular Hbond substituents is 1. The molecule has 4 N–H and O–H groups in total. The highest BCUT2D eigenvalue weighted by molar-refractivity contribution is 7.89. The molecule has 0 aliphatic rings. The van der Waals surface area contributed by atoms with E-state index in [0.717, 1.165) is 6.07 Å². The minimum absolute atomic E-state index is 0.0658. The Labute approximate surface area is 254 Å². The predicted octanol–water partition coefficient (Wildman–Crippen LogP) is 6.25. The maximum Gasteiger partial charge on any atom is 0.296 e. The summed E-state index contributed by atoms with van der Waals surface area (Å²) in [6, 6.07) is 14.5. The van der Waals surface area contributed by atoms with Crippen molar-refractivity contribution < 1.29 is 36.0 Å². The van der Waals surface area contributed by atoms with Crippen LogP contribution in [0.25, 0.3) is 10.8 Å². The molecule has 232 valence electrons. The van der Waals surface area contributed by atoms with Crippen molar-refractivity contribution in [3.8, 4) is 17.2 Å². The van der Waals surface area contributed by atoms with E-state index in [9.17, 15) is 26.5 Å². The smallest absolute Gasteiger partial charge is 0.296 e. The Bertz CT molecular complexity index is 1980. The lowest BCUT2D eigenvalue weighted by molar-refractivity contribution is 0.405. The molecule has 0 spiro atoms. The van der Waals surface area contributed by atoms with E-state index in [4.69, 9.17) is 15.2 Å². The molecule has 4 rings (SSSR count). The van der Waals surface area contributed by atoms with Crippen LogP contribution in [-0.4, -0.2) is 58.1 Å². The van der Waals surface area contributed by atoms with Gasteiger partial charge in [0.05, 0.1) is 24.8 Å². The van der Waals surface area contributed by atoms with Gasteiger partial charge in [0.1, 0.15) is 33.5 Å². The first-order valence-electron chi connectivity index (χ1n) is 13.1. The number of nitrogens with two attached hydrogens (primary N) is 1. The summed E-state index contributed by atoms with van der Waals surface area (Å²) in [5.74, 6) is -0.271. The molecule has 0 atom stereocenters. The molecule has 0 aliphatic carbocycles. The normalized spacial score (nSPS) is 12.5. The zero-order chi connectivity index (χ0) is 32.2. The zero-order valence-corrected chi connectivity index (χ0v) is 25.8. The molecule has 0 aromatic heterocycles. The van der Waals surface area contributed by atoms with Gasteiger partial charge in [-0.15, -0.1) is 15.3 Å². The topological polar surface area (TPSA) is 206 Å². The van der Waals surface area contributed by atoms with Gasteiger partial charge in [-0.1, -0.05) is 26.0 Å². The van der Waals surface area contributed by atoms with E-state index in [1.54, 1.807) is 19.9 Å². The van der Waals surface area contributed by atoms with Crippen molar-refractivity contribution in [3.05, 3.63) is 60.7 Å². The van der Waals surface area contributed by atoms with E-state index < -0.39 is 36.5 Å². The van der Waals surface area contributed by atoms with Crippen molar-refractivity contribution in [3.63, 3.8) is 0 Å². The lowest BCUT2D eigenvalue weighted by Crippen LogP contribution is -2.30. The summed E-state index contributed by atoms with van der Waals surface area (Å²) in [6.45, 7) is 4.21. The molecule has 0 saturated carbocycles. The van der Waals surface area contributed by atoms with E-state index in [2.05, 4.69) is 20.5 Å². The number of nitrogen functional groups attached to an aromatic ring is 1. The third kappa shape index (κ3) is 6.47. The molecule has 0 fully saturated rings. The number of rotatable bonds is 11. The summed E-state index contributed by atoms with van der Waals surface area (Å²) < 4.78 is 71.8. The molecule has 14 nitrogen and oxygen atoms in total. The van der Waals surface area contributed by atoms with Gasteiger partial charge >= 0.3 is 0 Å². The van der Waals surface area contributed by atoms with Crippen molar-refractivity contribution >= 4 is 59.4 Å². The first-order valence-corrected chi connectivity index (χ1v) is 15.9. The predicted molar refractivity (Wildman–Crippen MR) is 164 cm³/mol. The maximum absolute atomic E-state index is 12.7. The van der Waals surface area contributed by atoms with Crippen LogP contribution in [0.5, 0.6) is 17.2 Å². The van der Waals surface area contributed by atoms with Crippen molar-refractivity contribution in [1.82, 2.24) is 4.31 Å². The average molecular weight is 643 g/mol. The zero-order valence-electron chi connectivity index (χ0n) is 24.2. The van der Waals surface area contributed by atoms with Crippen LogP contribution < -0.4 is 15.2 Å². The van der Waals surface area contributed by atoms with Gasteiger partial charge in [-0.2, -0.15) is 17.8 Å². The molecule has 4 aromatic carbocycles. The second-order valence-corrected chi connectivity index (χ2v) is 12.5. The summed E-state index contributed by atoms with van der Waals surface area (Å²) in [7, 11) is -5.72. The number of anilines is 1. The van der Waals surface area contributed by atoms with Gasteiger partial charge < -0.3 is 20.3 Å². The van der Waals surface area contributed by atoms with Crippen LogP contribution in [0.3, 0.4) is 0 Å². The van der Waals surface area contributed by atoms with Crippen LogP contribution >= 0.6 is 0 Å². The van der Waals surface area contributed by atoms with Crippen molar-refractivity contribution in [2.45, 2.75) is 23.6 Å². The third-order valence-corrected chi connectivity index (χ3v) is 9.51. The Morgan fingerprint density at radius 1 is 0.818 bits per heavy atom. The monoisotopic (exact) mass is 642 g/mol. The fourth-order valence-electron chi connectivity index (χ4n) is 4.36. The molecule has 0 heterocycles. The van der Waals surface area contributed by atoms with Crippen LogP contribution in [0.1, 0.15) is 13.8 Å². The summed E-state index contributed by atoms with van der Waals surface area (Å²) in [5.41, 5.74) is 6.27. The molecule has 0 amide bonds. The van der Waals surface area contributed by atoms with Crippen LogP contribution in [0, 0.1) is 0 Å². The number of ether oxygens (including phenoxy) is 2. The molecule has 0 bridgehead atoms. The van der Waals surface area contributed by atoms with E-state index in [1.165, 1.54) is 67.1 Å². The van der Waals surface area contributed by atoms with E-state index in [0.29, 0.717) is 18.8 Å². The van der Waals surface area contributed by atoms with Gasteiger partial charge in [0, 0.05) is 36.3 Å². The number of sulfonamides is 1. The number of aromatic hydroxyl groups is 1. The number of methoxy groups -OCH3 is 2. The highest BCUT2D eigenvalue weighted by atomic mass is 32.2. The highest BCUT2D eigenvalue weighted by Crippen LogP contribution is 2.45. The molecule has 0 radical (unpaired) electrons. The molecule has 0 aliphatic heterocycles. The third-order valence-electron chi connectivity index (χ3n) is 6.58. The number of fused-ring (bicyclic) bond motifs is 1. The average Bonchev–Trinajstić information content (AvgIpc) is 2.99. The molecule has 4 aromatic rings. The van der Waals surface area contributed by atoms with Crippen LogP contribution in [0.15, 0.2) is 90.9 Å². The fraction of sp³-hybridized carbons (Fsp3) is 0.214. The lowest BCUT2D eigenvalue weighted by Gasteiger charge is -2.18. The Hall–Kier alpha value is -4.64. The van der Waals surface area contributed by atoms with Gasteiger partial charge in [0.2, 0.25) is 10.0 Å². The van der Waals surface area contributed by atoms with Gasteiger partial charge in [-0.3, -0.25) is 4.55 Å². The van der Waals surface area contributed by atoms with Gasteiger partial charge in [0.15, 0.2) is 5.75 Å². The Balaban J connectivity index is 1.71. The molecule has 0 saturated heterocycles. The minimum atomic E-state index is -4.83. The summed E-state index contributed by atoms with van der Waals surface area (Å²) in [5, 5.41) is 27.6. The largest absolute Gasteiger partial charge is 0.505 e. The first kappa shape index (κ1) is 32.3. The first-order chi connectivity index (χ1) is 20.8. The molecular formula is C28H30N6O8S2. The van der Waals surface area contributed by atoms with Crippen molar-refractivity contribution in [2.75, 3.05) is 33.0 Å². The summed E-state index contributed by atoms with van der Waals surface area (Å²) in [4.78, 5) is -0.546. The molecule has 16 heteroatoms. The number of hydrogen-bond donors (Lipinski definition) is 3. The van der Waals surface area contributed by atoms with E-state index in [1.807, 2.05) is 0 Å². The highest BCUT2D eigenvalue weighted by Gasteiger charge is 2.24. The lowest BCUT2D eigenvalue weighted by atomic mass is 10.1. The fourth-order valence-corrected chi connectivity index (χ4v) is 6.47. The van der Waals surface area contributed by atoms with Crippen molar-refractivity contribution in [1.29, 1.82) is 0 Å². The Morgan fingerprint density at radius 3 is 1.91 bits per heavy atom. The standard InChI is InChI=1S/C28H30N6O8S2/c1-5-34(6-2)43(36,37)19-12-10-18(11-13-19)30-31-21-15-24(42-4)22(16-23(21)41-3)32-33-27-25(44(38,39)40)14-17-8-7-9-20(29)26(17)28(27)35/h7-16,35H,5-6,29H2,1-4H3,(H,38,39,40)/b31-30+,33-32+. The summed E-state index contributed by atoms with van der Waals surface area (Å²) >= 11 is 0. The second kappa shape index (κ2) is 12.9. The van der Waals surface area contributed by atoms with Crippen LogP contribution in [0.2, 0.25) is 0 Å². The number of nitrogens with zero attached hydrogens (tertiary/aromatic N) is 5. The second-order valence-electron chi connectivity index (χ2n) is 9.17. The SMILES string of the molecule is CCN(CC)S(=O)(=O)c1ccc(/N=N/c2cc(OC)c(/N=N/c3c(S(=O)(=O)O)cc4cccc(N)c4c3O)cc2OC)cc1. The minimum Gasteiger partial charge on any atom is -0.505 e. The van der Waals surface area contributed by atoms with Crippen LogP contribution in [-0.2, 0) is 20.1 Å². The van der Waals surface area contributed by atoms with Gasteiger partial charge in [0.25, 0.3) is 10.1 Å². The van der Waals surface area contributed by atoms with Crippen LogP contribution in [0.4, 0.5) is 28.4 Å². The molecule has 44 heavy (non-hydrogen) atoms. The van der Waals surface area contributed by atoms with Gasteiger partial charge in [-0.05, 0) is 41.8 Å². The van der Waals surface area contributed by atoms with E-state index >= 15 is 0 Å². The molecular weight excluding hydrogens is 612 g/mol. The number of benzene rings is 4. The number of hydrogen-bond acceptors (Lipinski definition) is 12. The van der Waals surface area contributed by atoms with E-state index in [-0.39, 0.29) is 44.2 Å². The maximum atomic E-state index is 12.7. The van der Waals surface area contributed by atoms with Gasteiger partial charge in [-0.25, -0.2) is 8.42 Å².